The van der Waals surface area contributed by atoms with Gasteiger partial charge in [0.15, 0.2) is 0 Å². The van der Waals surface area contributed by atoms with E-state index >= 15 is 0 Å². The van der Waals surface area contributed by atoms with Gasteiger partial charge in [0.1, 0.15) is 5.60 Å². The first kappa shape index (κ1) is 20.2. The van der Waals surface area contributed by atoms with Crippen LogP contribution in [0.1, 0.15) is 32.8 Å². The summed E-state index contributed by atoms with van der Waals surface area (Å²) in [6, 6.07) is 7.09. The first-order chi connectivity index (χ1) is 11.7. The summed E-state index contributed by atoms with van der Waals surface area (Å²) in [6.45, 7) is 9.26. The minimum Gasteiger partial charge on any atom is -0.444 e. The Morgan fingerprint density at radius 3 is 2.32 bits per heavy atom. The lowest BCUT2D eigenvalue weighted by Crippen LogP contribution is -2.35. The number of amides is 3. The number of anilines is 1. The second-order valence-electron chi connectivity index (χ2n) is 6.35. The standard InChI is InChI=1S/C18H25N3O4/c1-5-15(22)21-14-8-6-13(7-9-14)12-20-16(23)10-11-19-17(24)25-18(2,3)4/h5-9H,1,10-12H2,2-4H3,(H,19,24)(H,20,23)(H,21,22). The van der Waals surface area contributed by atoms with Gasteiger partial charge in [-0.15, -0.1) is 0 Å². The largest absolute Gasteiger partial charge is 0.444 e. The Kier molecular flexibility index (Phi) is 7.65. The average molecular weight is 347 g/mol. The molecule has 136 valence electrons. The van der Waals surface area contributed by atoms with Gasteiger partial charge in [0.05, 0.1) is 0 Å². The van der Waals surface area contributed by atoms with Gasteiger partial charge in [0.25, 0.3) is 0 Å². The Labute approximate surface area is 147 Å². The Bertz CT molecular complexity index is 618. The van der Waals surface area contributed by atoms with E-state index in [9.17, 15) is 14.4 Å². The van der Waals surface area contributed by atoms with Crippen molar-refractivity contribution in [2.24, 2.45) is 0 Å². The number of hydrogen-bond acceptors (Lipinski definition) is 4. The van der Waals surface area contributed by atoms with E-state index < -0.39 is 11.7 Å². The highest BCUT2D eigenvalue weighted by atomic mass is 16.6. The van der Waals surface area contributed by atoms with Crippen molar-refractivity contribution in [3.8, 4) is 0 Å². The van der Waals surface area contributed by atoms with E-state index in [0.29, 0.717) is 12.2 Å². The molecule has 0 radical (unpaired) electrons. The summed E-state index contributed by atoms with van der Waals surface area (Å²) in [6.07, 6.45) is 0.809. The van der Waals surface area contributed by atoms with Crippen LogP contribution >= 0.6 is 0 Å². The number of carbonyl (C=O) groups is 3. The van der Waals surface area contributed by atoms with Gasteiger partial charge in [-0.2, -0.15) is 0 Å². The molecule has 0 saturated carbocycles. The highest BCUT2D eigenvalue weighted by molar-refractivity contribution is 5.98. The van der Waals surface area contributed by atoms with E-state index in [1.54, 1.807) is 45.0 Å². The molecule has 0 saturated heterocycles. The summed E-state index contributed by atoms with van der Waals surface area (Å²) in [4.78, 5) is 34.4. The zero-order valence-electron chi connectivity index (χ0n) is 14.8. The van der Waals surface area contributed by atoms with Crippen LogP contribution in [0.5, 0.6) is 0 Å². The first-order valence-corrected chi connectivity index (χ1v) is 7.95. The quantitative estimate of drug-likeness (QED) is 0.660. The molecule has 0 fully saturated rings. The summed E-state index contributed by atoms with van der Waals surface area (Å²) in [5.74, 6) is -0.460. The molecule has 3 amide bonds. The predicted octanol–water partition coefficient (Wildman–Crippen LogP) is 2.34. The fraction of sp³-hybridized carbons (Fsp3) is 0.389. The third-order valence-electron chi connectivity index (χ3n) is 2.92. The number of rotatable bonds is 7. The number of hydrogen-bond donors (Lipinski definition) is 3. The normalized spacial score (nSPS) is 10.5. The van der Waals surface area contributed by atoms with Crippen LogP contribution in [0.25, 0.3) is 0 Å². The first-order valence-electron chi connectivity index (χ1n) is 7.95. The van der Waals surface area contributed by atoms with Crippen LogP contribution in [0, 0.1) is 0 Å². The van der Waals surface area contributed by atoms with Crippen LogP contribution in [0.15, 0.2) is 36.9 Å². The third-order valence-corrected chi connectivity index (χ3v) is 2.92. The molecule has 0 heterocycles. The topological polar surface area (TPSA) is 96.5 Å². The van der Waals surface area contributed by atoms with E-state index in [1.165, 1.54) is 6.08 Å². The summed E-state index contributed by atoms with van der Waals surface area (Å²) in [5.41, 5.74) is 0.982. The molecule has 7 heteroatoms. The van der Waals surface area contributed by atoms with E-state index in [0.717, 1.165) is 5.56 Å². The van der Waals surface area contributed by atoms with Crippen LogP contribution in [-0.4, -0.2) is 30.1 Å². The Morgan fingerprint density at radius 2 is 1.76 bits per heavy atom. The minimum absolute atomic E-state index is 0.159. The number of ether oxygens (including phenoxy) is 1. The fourth-order valence-corrected chi connectivity index (χ4v) is 1.78. The Balaban J connectivity index is 2.28. The van der Waals surface area contributed by atoms with Gasteiger partial charge < -0.3 is 20.7 Å². The van der Waals surface area contributed by atoms with Gasteiger partial charge in [-0.1, -0.05) is 18.7 Å². The summed E-state index contributed by atoms with van der Waals surface area (Å²) >= 11 is 0. The predicted molar refractivity (Wildman–Crippen MR) is 96.0 cm³/mol. The van der Waals surface area contributed by atoms with Crippen LogP contribution in [-0.2, 0) is 20.9 Å². The molecule has 1 aromatic carbocycles. The molecule has 0 unspecified atom stereocenters. The van der Waals surface area contributed by atoms with E-state index in [-0.39, 0.29) is 24.8 Å². The second kappa shape index (κ2) is 9.46. The molecular weight excluding hydrogens is 322 g/mol. The smallest absolute Gasteiger partial charge is 0.407 e. The zero-order valence-corrected chi connectivity index (χ0v) is 14.8. The second-order valence-corrected chi connectivity index (χ2v) is 6.35. The molecule has 0 aliphatic heterocycles. The molecule has 0 aliphatic rings. The molecule has 0 atom stereocenters. The Morgan fingerprint density at radius 1 is 1.12 bits per heavy atom. The van der Waals surface area contributed by atoms with Crippen molar-refractivity contribution in [3.63, 3.8) is 0 Å². The lowest BCUT2D eigenvalue weighted by molar-refractivity contribution is -0.121. The van der Waals surface area contributed by atoms with Crippen molar-refractivity contribution in [2.75, 3.05) is 11.9 Å². The van der Waals surface area contributed by atoms with Crippen LogP contribution in [0.2, 0.25) is 0 Å². The maximum atomic E-state index is 11.8. The van der Waals surface area contributed by atoms with Gasteiger partial charge >= 0.3 is 6.09 Å². The van der Waals surface area contributed by atoms with Crippen molar-refractivity contribution in [1.29, 1.82) is 0 Å². The van der Waals surface area contributed by atoms with Crippen molar-refractivity contribution >= 4 is 23.6 Å². The maximum absolute atomic E-state index is 11.8. The Hall–Kier alpha value is -2.83. The van der Waals surface area contributed by atoms with Gasteiger partial charge in [-0.05, 0) is 44.5 Å². The molecule has 1 aromatic rings. The number of benzene rings is 1. The highest BCUT2D eigenvalue weighted by Crippen LogP contribution is 2.09. The van der Waals surface area contributed by atoms with Gasteiger partial charge in [0, 0.05) is 25.2 Å². The molecule has 3 N–H and O–H groups in total. The van der Waals surface area contributed by atoms with Crippen LogP contribution < -0.4 is 16.0 Å². The van der Waals surface area contributed by atoms with Crippen molar-refractivity contribution in [3.05, 3.63) is 42.5 Å². The fourth-order valence-electron chi connectivity index (χ4n) is 1.78. The number of alkyl carbamates (subject to hydrolysis) is 1. The molecule has 0 aliphatic carbocycles. The van der Waals surface area contributed by atoms with Gasteiger partial charge in [-0.3, -0.25) is 9.59 Å². The van der Waals surface area contributed by atoms with Crippen molar-refractivity contribution in [1.82, 2.24) is 10.6 Å². The lowest BCUT2D eigenvalue weighted by Gasteiger charge is -2.19. The van der Waals surface area contributed by atoms with E-state index in [4.69, 9.17) is 4.74 Å². The van der Waals surface area contributed by atoms with Crippen LogP contribution in [0.4, 0.5) is 10.5 Å². The molecule has 1 rings (SSSR count). The maximum Gasteiger partial charge on any atom is 0.407 e. The van der Waals surface area contributed by atoms with Crippen molar-refractivity contribution in [2.45, 2.75) is 39.3 Å². The summed E-state index contributed by atoms with van der Waals surface area (Å²) in [5, 5.41) is 7.93. The summed E-state index contributed by atoms with van der Waals surface area (Å²) in [7, 11) is 0. The van der Waals surface area contributed by atoms with Gasteiger partial charge in [0.2, 0.25) is 11.8 Å². The monoisotopic (exact) mass is 347 g/mol. The molecule has 7 nitrogen and oxygen atoms in total. The van der Waals surface area contributed by atoms with Gasteiger partial charge in [-0.25, -0.2) is 4.79 Å². The third kappa shape index (κ3) is 9.14. The molecular formula is C18H25N3O4. The van der Waals surface area contributed by atoms with E-state index in [2.05, 4.69) is 22.5 Å². The number of carbonyl (C=O) groups excluding carboxylic acids is 3. The SMILES string of the molecule is C=CC(=O)Nc1ccc(CNC(=O)CCNC(=O)OC(C)(C)C)cc1. The molecule has 0 spiro atoms. The van der Waals surface area contributed by atoms with E-state index in [1.807, 2.05) is 0 Å². The molecule has 0 aromatic heterocycles. The van der Waals surface area contributed by atoms with Crippen LogP contribution in [0.3, 0.4) is 0 Å². The minimum atomic E-state index is -0.566. The average Bonchev–Trinajstić information content (AvgIpc) is 2.52. The van der Waals surface area contributed by atoms with Crippen molar-refractivity contribution < 1.29 is 19.1 Å². The zero-order chi connectivity index (χ0) is 18.9. The summed E-state index contributed by atoms with van der Waals surface area (Å²) < 4.78 is 5.08. The molecule has 25 heavy (non-hydrogen) atoms. The lowest BCUT2D eigenvalue weighted by atomic mass is 10.2. The number of nitrogens with one attached hydrogen (secondary N) is 3. The molecule has 0 bridgehead atoms. The highest BCUT2D eigenvalue weighted by Gasteiger charge is 2.15.